The lowest BCUT2D eigenvalue weighted by Crippen LogP contribution is -2.56. The van der Waals surface area contributed by atoms with Gasteiger partial charge in [-0.2, -0.15) is 0 Å². The number of amides is 2. The van der Waals surface area contributed by atoms with Crippen LogP contribution in [0.3, 0.4) is 0 Å². The van der Waals surface area contributed by atoms with Crippen molar-refractivity contribution in [3.05, 3.63) is 12.3 Å². The molecule has 0 bridgehead atoms. The average Bonchev–Trinajstić information content (AvgIpc) is 3.35. The Kier molecular flexibility index (Phi) is 50.0. The maximum absolute atomic E-state index is 12.7. The number of methoxy groups -OCH3 is 1. The molecular weight excluding hydrogens is 949 g/mol. The summed E-state index contributed by atoms with van der Waals surface area (Å²) in [6.07, 6.45) is 35.0. The van der Waals surface area contributed by atoms with E-state index in [-0.39, 0.29) is 57.9 Å². The quantitative estimate of drug-likeness (QED) is 0.0243. The van der Waals surface area contributed by atoms with Crippen LogP contribution in [0.5, 0.6) is 0 Å². The van der Waals surface area contributed by atoms with E-state index in [2.05, 4.69) is 44.8 Å². The molecule has 17 heteroatoms. The highest BCUT2D eigenvalue weighted by Crippen LogP contribution is 2.20. The minimum atomic E-state index is -0.571. The van der Waals surface area contributed by atoms with Gasteiger partial charge in [0.25, 0.3) is 0 Å². The van der Waals surface area contributed by atoms with Gasteiger partial charge in [0.05, 0.1) is 78.8 Å². The van der Waals surface area contributed by atoms with Crippen molar-refractivity contribution in [3.63, 3.8) is 0 Å². The van der Waals surface area contributed by atoms with E-state index in [1.54, 1.807) is 31.1 Å². The zero-order chi connectivity index (χ0) is 55.5. The van der Waals surface area contributed by atoms with Gasteiger partial charge in [0.2, 0.25) is 0 Å². The van der Waals surface area contributed by atoms with Gasteiger partial charge in [-0.1, -0.05) is 162 Å². The molecule has 1 fully saturated rings. The second-order valence-electron chi connectivity index (χ2n) is 18.8. The van der Waals surface area contributed by atoms with Crippen molar-refractivity contribution in [1.82, 2.24) is 19.6 Å². The van der Waals surface area contributed by atoms with E-state index in [0.29, 0.717) is 33.0 Å². The summed E-state index contributed by atoms with van der Waals surface area (Å²) in [7, 11) is 2.95. The molecule has 1 heterocycles. The number of hydrogen-bond donors (Lipinski definition) is 0. The first-order valence-corrected chi connectivity index (χ1v) is 28.1. The van der Waals surface area contributed by atoms with Crippen molar-refractivity contribution in [1.29, 1.82) is 0 Å². The summed E-state index contributed by atoms with van der Waals surface area (Å²) in [6, 6.07) is -0.351. The van der Waals surface area contributed by atoms with Gasteiger partial charge in [0, 0.05) is 19.8 Å². The van der Waals surface area contributed by atoms with Crippen LogP contribution in [0.25, 0.3) is 0 Å². The summed E-state index contributed by atoms with van der Waals surface area (Å²) >= 11 is 0. The first-order chi connectivity index (χ1) is 35.8. The van der Waals surface area contributed by atoms with Crippen LogP contribution in [0.1, 0.15) is 202 Å². The number of rotatable bonds is 43. The second kappa shape index (κ2) is 51.8. The molecule has 74 heavy (non-hydrogen) atoms. The molecule has 0 saturated carbocycles. The molecule has 0 radical (unpaired) electrons. The van der Waals surface area contributed by atoms with Crippen molar-refractivity contribution in [2.45, 2.75) is 208 Å². The smallest absolute Gasteiger partial charge is 0.324 e. The van der Waals surface area contributed by atoms with Crippen LogP contribution in [0.15, 0.2) is 12.3 Å². The van der Waals surface area contributed by atoms with Gasteiger partial charge in [-0.15, -0.1) is 12.3 Å². The van der Waals surface area contributed by atoms with Crippen LogP contribution in [0.2, 0.25) is 0 Å². The van der Waals surface area contributed by atoms with E-state index >= 15 is 0 Å². The number of unbranched alkanes of at least 4 members (excludes halogenated alkanes) is 20. The summed E-state index contributed by atoms with van der Waals surface area (Å²) in [4.78, 5) is 91.7. The van der Waals surface area contributed by atoms with Gasteiger partial charge in [-0.3, -0.25) is 38.6 Å². The molecule has 0 aliphatic carbocycles. The third kappa shape index (κ3) is 43.7. The third-order valence-corrected chi connectivity index (χ3v) is 11.9. The fourth-order valence-electron chi connectivity index (χ4n) is 7.54. The molecule has 1 rings (SSSR count). The number of esters is 6. The first-order valence-electron chi connectivity index (χ1n) is 28.1. The molecule has 1 aliphatic rings. The fraction of sp³-hybridized carbons (Fsp3) is 0.807. The number of urea groups is 1. The van der Waals surface area contributed by atoms with Crippen LogP contribution >= 0.6 is 0 Å². The highest BCUT2D eigenvalue weighted by Gasteiger charge is 2.34. The van der Waals surface area contributed by atoms with Crippen LogP contribution in [-0.2, 0) is 57.2 Å². The molecule has 2 amide bonds. The topological polar surface area (TPSA) is 188 Å². The van der Waals surface area contributed by atoms with Gasteiger partial charge in [0.15, 0.2) is 0 Å². The largest absolute Gasteiger partial charge is 0.468 e. The molecule has 1 atom stereocenters. The second-order valence-corrected chi connectivity index (χ2v) is 18.8. The lowest BCUT2D eigenvalue weighted by atomic mass is 10.1. The van der Waals surface area contributed by atoms with Gasteiger partial charge < -0.3 is 38.2 Å². The number of hydrogen-bond acceptors (Lipinski definition) is 15. The molecule has 428 valence electrons. The van der Waals surface area contributed by atoms with Gasteiger partial charge >= 0.3 is 41.8 Å². The van der Waals surface area contributed by atoms with Crippen LogP contribution in [0.4, 0.5) is 4.79 Å². The minimum absolute atomic E-state index is 0.0625. The highest BCUT2D eigenvalue weighted by molar-refractivity contribution is 5.79. The molecule has 1 aliphatic heterocycles. The Labute approximate surface area is 447 Å². The van der Waals surface area contributed by atoms with Crippen molar-refractivity contribution in [3.8, 4) is 12.3 Å². The standard InChI is InChI=1S/C31H55N3O7.C23H43NO6.C3H4/c1-5-8-10-12-14-16-21-39-28(35)23-33(24-29(36)40-22-17-15-13-11-9-6-2)25-30(37)41-26-27-18-20-34(27)31(38)32(4)19-7-3;1-4-6-8-10-12-14-16-29-22(26)19-24(18-21(25)28-3)20-23(27)30-17-15-13-11-9-7-5-2;1-3-2/h7,19,27H,5-6,8-18,20-26H2,1-4H3;4-20H2,1-3H3;1H,2H3/b19-7-;;. The monoisotopic (exact) mass is 1050 g/mol. The summed E-state index contributed by atoms with van der Waals surface area (Å²) in [5, 5.41) is 0. The number of likely N-dealkylation sites (tertiary alicyclic amines) is 1. The molecule has 0 aromatic heterocycles. The molecule has 0 N–H and O–H groups in total. The van der Waals surface area contributed by atoms with Crippen molar-refractivity contribution in [2.24, 2.45) is 0 Å². The SMILES string of the molecule is C#CC.C/C=C\N(C)C(=O)N1CCC1COC(=O)CN(CC(=O)OCCCCCCCC)CC(=O)OCCCCCCCC.CCCCCCCCOC(=O)CN(CC(=O)OC)CC(=O)OCCCCCCCC. The number of carbonyl (C=O) groups is 7. The Balaban J connectivity index is 0. The van der Waals surface area contributed by atoms with Gasteiger partial charge in [-0.25, -0.2) is 4.79 Å². The number of carbonyl (C=O) groups excluding carboxylic acids is 7. The van der Waals surface area contributed by atoms with E-state index < -0.39 is 35.8 Å². The molecule has 0 aromatic rings. The van der Waals surface area contributed by atoms with Gasteiger partial charge in [-0.05, 0) is 46.0 Å². The molecule has 0 aromatic carbocycles. The zero-order valence-corrected chi connectivity index (χ0v) is 47.6. The number of allylic oxidation sites excluding steroid dienone is 1. The van der Waals surface area contributed by atoms with E-state index in [1.165, 1.54) is 98.9 Å². The maximum Gasteiger partial charge on any atom is 0.324 e. The predicted molar refractivity (Wildman–Crippen MR) is 291 cm³/mol. The van der Waals surface area contributed by atoms with Gasteiger partial charge in [0.1, 0.15) is 6.61 Å². The maximum atomic E-state index is 12.7. The normalized spacial score (nSPS) is 12.6. The van der Waals surface area contributed by atoms with Crippen molar-refractivity contribution < 1.29 is 62.0 Å². The minimum Gasteiger partial charge on any atom is -0.468 e. The van der Waals surface area contributed by atoms with E-state index in [0.717, 1.165) is 83.5 Å². The number of terminal acetylenes is 1. The fourth-order valence-corrected chi connectivity index (χ4v) is 7.54. The summed E-state index contributed by atoms with van der Waals surface area (Å²) in [6.45, 7) is 13.1. The Morgan fingerprint density at radius 2 is 0.784 bits per heavy atom. The Hall–Kier alpha value is -4.69. The number of nitrogens with zero attached hydrogens (tertiary/aromatic N) is 4. The Morgan fingerprint density at radius 1 is 0.500 bits per heavy atom. The summed E-state index contributed by atoms with van der Waals surface area (Å²) < 4.78 is 31.3. The molecule has 0 spiro atoms. The lowest BCUT2D eigenvalue weighted by molar-refractivity contribution is -0.155. The Bertz CT molecular complexity index is 1470. The number of ether oxygens (including phenoxy) is 6. The summed E-state index contributed by atoms with van der Waals surface area (Å²) in [5.74, 6) is -0.705. The molecular formula is C57H102N4O13. The van der Waals surface area contributed by atoms with E-state index in [4.69, 9.17) is 23.7 Å². The highest BCUT2D eigenvalue weighted by atomic mass is 16.6. The van der Waals surface area contributed by atoms with Crippen LogP contribution in [-0.4, -0.2) is 160 Å². The van der Waals surface area contributed by atoms with Crippen LogP contribution < -0.4 is 0 Å². The van der Waals surface area contributed by atoms with Crippen LogP contribution in [0, 0.1) is 12.3 Å². The molecule has 1 saturated heterocycles. The zero-order valence-electron chi connectivity index (χ0n) is 47.6. The van der Waals surface area contributed by atoms with E-state index in [9.17, 15) is 33.6 Å². The predicted octanol–water partition coefficient (Wildman–Crippen LogP) is 10.2. The molecule has 1 unspecified atom stereocenters. The van der Waals surface area contributed by atoms with Crippen molar-refractivity contribution in [2.75, 3.05) is 93.0 Å². The first kappa shape index (κ1) is 71.4. The van der Waals surface area contributed by atoms with Crippen molar-refractivity contribution >= 4 is 41.8 Å². The average molecular weight is 1050 g/mol. The molecule has 17 nitrogen and oxygen atoms in total. The Morgan fingerprint density at radius 3 is 1.05 bits per heavy atom. The third-order valence-electron chi connectivity index (χ3n) is 11.9. The van der Waals surface area contributed by atoms with E-state index in [1.807, 2.05) is 6.92 Å². The lowest BCUT2D eigenvalue weighted by Gasteiger charge is -2.41. The summed E-state index contributed by atoms with van der Waals surface area (Å²) in [5.41, 5.74) is 0.